The lowest BCUT2D eigenvalue weighted by atomic mass is 9.79. The molecule has 0 radical (unpaired) electrons. The number of benzene rings is 2. The molecule has 0 unspecified atom stereocenters. The number of hydrogen-bond acceptors (Lipinski definition) is 4. The SMILES string of the molecule is COC(=O)CNC(=O)C1CC(N[C@H](C)c2cccc3ccccc23)C1. The Morgan fingerprint density at radius 2 is 1.88 bits per heavy atom. The molecule has 5 heteroatoms. The Bertz CT molecular complexity index is 763. The van der Waals surface area contributed by atoms with Crippen molar-refractivity contribution < 1.29 is 14.3 Å². The van der Waals surface area contributed by atoms with Crippen LogP contribution in [-0.2, 0) is 14.3 Å². The van der Waals surface area contributed by atoms with Gasteiger partial charge in [0, 0.05) is 18.0 Å². The summed E-state index contributed by atoms with van der Waals surface area (Å²) in [6.45, 7) is 2.10. The normalized spacial score (nSPS) is 20.6. The van der Waals surface area contributed by atoms with Gasteiger partial charge in [-0.3, -0.25) is 9.59 Å². The topological polar surface area (TPSA) is 67.4 Å². The van der Waals surface area contributed by atoms with E-state index in [0.717, 1.165) is 12.8 Å². The molecule has 5 nitrogen and oxygen atoms in total. The highest BCUT2D eigenvalue weighted by molar-refractivity contribution is 5.86. The molecule has 1 fully saturated rings. The van der Waals surface area contributed by atoms with E-state index < -0.39 is 5.97 Å². The zero-order valence-corrected chi connectivity index (χ0v) is 14.6. The van der Waals surface area contributed by atoms with Crippen molar-refractivity contribution in [1.29, 1.82) is 0 Å². The second kappa shape index (κ2) is 7.66. The fraction of sp³-hybridized carbons (Fsp3) is 0.400. The molecule has 0 saturated heterocycles. The Labute approximate surface area is 147 Å². The van der Waals surface area contributed by atoms with E-state index >= 15 is 0 Å². The maximum Gasteiger partial charge on any atom is 0.325 e. The molecule has 0 aromatic heterocycles. The van der Waals surface area contributed by atoms with Gasteiger partial charge in [0.15, 0.2) is 0 Å². The molecule has 132 valence electrons. The van der Waals surface area contributed by atoms with Crippen LogP contribution < -0.4 is 10.6 Å². The van der Waals surface area contributed by atoms with Crippen LogP contribution in [0.4, 0.5) is 0 Å². The van der Waals surface area contributed by atoms with Crippen molar-refractivity contribution >= 4 is 22.6 Å². The smallest absolute Gasteiger partial charge is 0.325 e. The van der Waals surface area contributed by atoms with Gasteiger partial charge < -0.3 is 15.4 Å². The fourth-order valence-corrected chi connectivity index (χ4v) is 3.42. The molecule has 1 amide bonds. The lowest BCUT2D eigenvalue weighted by molar-refractivity contribution is -0.142. The predicted octanol–water partition coefficient (Wildman–Crippen LogP) is 2.56. The number of carbonyl (C=O) groups excluding carboxylic acids is 2. The maximum absolute atomic E-state index is 12.0. The summed E-state index contributed by atoms with van der Waals surface area (Å²) in [5, 5.41) is 8.74. The summed E-state index contributed by atoms with van der Waals surface area (Å²) >= 11 is 0. The molecule has 2 aromatic rings. The molecule has 2 N–H and O–H groups in total. The quantitative estimate of drug-likeness (QED) is 0.793. The largest absolute Gasteiger partial charge is 0.468 e. The molecule has 25 heavy (non-hydrogen) atoms. The van der Waals surface area contributed by atoms with Gasteiger partial charge in [-0.25, -0.2) is 0 Å². The molecule has 0 spiro atoms. The fourth-order valence-electron chi connectivity index (χ4n) is 3.42. The lowest BCUT2D eigenvalue weighted by Gasteiger charge is -2.37. The zero-order chi connectivity index (χ0) is 17.8. The van der Waals surface area contributed by atoms with Crippen LogP contribution in [0.1, 0.15) is 31.4 Å². The van der Waals surface area contributed by atoms with Gasteiger partial charge >= 0.3 is 5.97 Å². The van der Waals surface area contributed by atoms with Crippen LogP contribution in [0, 0.1) is 5.92 Å². The van der Waals surface area contributed by atoms with Crippen LogP contribution in [0.15, 0.2) is 42.5 Å². The van der Waals surface area contributed by atoms with Gasteiger partial charge in [-0.15, -0.1) is 0 Å². The van der Waals surface area contributed by atoms with Crippen molar-refractivity contribution in [1.82, 2.24) is 10.6 Å². The number of methoxy groups -OCH3 is 1. The van der Waals surface area contributed by atoms with Crippen molar-refractivity contribution in [2.24, 2.45) is 5.92 Å². The van der Waals surface area contributed by atoms with Crippen molar-refractivity contribution in [2.75, 3.05) is 13.7 Å². The number of ether oxygens (including phenoxy) is 1. The van der Waals surface area contributed by atoms with Gasteiger partial charge in [0.25, 0.3) is 0 Å². The first-order chi connectivity index (χ1) is 12.1. The van der Waals surface area contributed by atoms with Crippen LogP contribution >= 0.6 is 0 Å². The van der Waals surface area contributed by atoms with Gasteiger partial charge in [0.2, 0.25) is 5.91 Å². The lowest BCUT2D eigenvalue weighted by Crippen LogP contribution is -2.49. The Morgan fingerprint density at radius 3 is 2.64 bits per heavy atom. The molecule has 1 aliphatic rings. The summed E-state index contributed by atoms with van der Waals surface area (Å²) in [4.78, 5) is 23.0. The molecule has 0 aliphatic heterocycles. The summed E-state index contributed by atoms with van der Waals surface area (Å²) in [5.41, 5.74) is 1.27. The highest BCUT2D eigenvalue weighted by Crippen LogP contribution is 2.31. The standard InChI is InChI=1S/C20H24N2O3/c1-13(17-9-5-7-14-6-3-4-8-18(14)17)22-16-10-15(11-16)20(24)21-12-19(23)25-2/h3-9,13,15-16,22H,10-12H2,1-2H3,(H,21,24)/t13-,15?,16?/m1/s1. The summed E-state index contributed by atoms with van der Waals surface area (Å²) in [7, 11) is 1.31. The molecule has 0 bridgehead atoms. The highest BCUT2D eigenvalue weighted by atomic mass is 16.5. The molecule has 1 atom stereocenters. The molecular formula is C20H24N2O3. The Kier molecular flexibility index (Phi) is 5.34. The van der Waals surface area contributed by atoms with E-state index in [-0.39, 0.29) is 24.4 Å². The average Bonchev–Trinajstić information content (AvgIpc) is 2.61. The molecule has 0 heterocycles. The Hall–Kier alpha value is -2.40. The van der Waals surface area contributed by atoms with Crippen molar-refractivity contribution in [3.05, 3.63) is 48.0 Å². The minimum Gasteiger partial charge on any atom is -0.468 e. The summed E-state index contributed by atoms with van der Waals surface area (Å²) in [6, 6.07) is 15.3. The molecule has 1 aliphatic carbocycles. The summed E-state index contributed by atoms with van der Waals surface area (Å²) in [6.07, 6.45) is 1.59. The van der Waals surface area contributed by atoms with Crippen LogP contribution in [0.25, 0.3) is 10.8 Å². The maximum atomic E-state index is 12.0. The van der Waals surface area contributed by atoms with Crippen molar-refractivity contribution in [3.8, 4) is 0 Å². The van der Waals surface area contributed by atoms with E-state index in [2.05, 4.69) is 58.7 Å². The van der Waals surface area contributed by atoms with Crippen LogP contribution in [-0.4, -0.2) is 31.6 Å². The Morgan fingerprint density at radius 1 is 1.16 bits per heavy atom. The minimum absolute atomic E-state index is 0.0260. The first kappa shape index (κ1) is 17.4. The summed E-state index contributed by atoms with van der Waals surface area (Å²) in [5.74, 6) is -0.518. The van der Waals surface area contributed by atoms with Gasteiger partial charge in [-0.05, 0) is 36.1 Å². The second-order valence-electron chi connectivity index (χ2n) is 6.62. The number of carbonyl (C=O) groups is 2. The molecule has 1 saturated carbocycles. The highest BCUT2D eigenvalue weighted by Gasteiger charge is 2.35. The number of fused-ring (bicyclic) bond motifs is 1. The first-order valence-electron chi connectivity index (χ1n) is 8.66. The van der Waals surface area contributed by atoms with E-state index in [4.69, 9.17) is 0 Å². The third-order valence-corrected chi connectivity index (χ3v) is 4.92. The van der Waals surface area contributed by atoms with E-state index in [1.807, 2.05) is 6.07 Å². The third-order valence-electron chi connectivity index (χ3n) is 4.92. The van der Waals surface area contributed by atoms with E-state index in [0.29, 0.717) is 6.04 Å². The molecular weight excluding hydrogens is 316 g/mol. The van der Waals surface area contributed by atoms with Crippen LogP contribution in [0.2, 0.25) is 0 Å². The van der Waals surface area contributed by atoms with E-state index in [1.165, 1.54) is 23.4 Å². The monoisotopic (exact) mass is 340 g/mol. The van der Waals surface area contributed by atoms with Gasteiger partial charge in [0.1, 0.15) is 6.54 Å². The predicted molar refractivity (Wildman–Crippen MR) is 97.0 cm³/mol. The zero-order valence-electron chi connectivity index (χ0n) is 14.6. The number of rotatable bonds is 6. The van der Waals surface area contributed by atoms with E-state index in [1.54, 1.807) is 0 Å². The van der Waals surface area contributed by atoms with E-state index in [9.17, 15) is 9.59 Å². The number of nitrogens with one attached hydrogen (secondary N) is 2. The van der Waals surface area contributed by atoms with Crippen molar-refractivity contribution in [3.63, 3.8) is 0 Å². The van der Waals surface area contributed by atoms with Crippen molar-refractivity contribution in [2.45, 2.75) is 31.8 Å². The first-order valence-corrected chi connectivity index (χ1v) is 8.66. The summed E-state index contributed by atoms with van der Waals surface area (Å²) < 4.78 is 4.52. The third kappa shape index (κ3) is 3.99. The minimum atomic E-state index is -0.424. The van der Waals surface area contributed by atoms with Gasteiger partial charge in [-0.1, -0.05) is 42.5 Å². The Balaban J connectivity index is 1.53. The second-order valence-corrected chi connectivity index (χ2v) is 6.62. The average molecular weight is 340 g/mol. The number of esters is 1. The van der Waals surface area contributed by atoms with Gasteiger partial charge in [-0.2, -0.15) is 0 Å². The molecule has 3 rings (SSSR count). The van der Waals surface area contributed by atoms with Crippen LogP contribution in [0.5, 0.6) is 0 Å². The number of amides is 1. The van der Waals surface area contributed by atoms with Crippen LogP contribution in [0.3, 0.4) is 0 Å². The molecule has 2 aromatic carbocycles. The number of hydrogen-bond donors (Lipinski definition) is 2. The van der Waals surface area contributed by atoms with Gasteiger partial charge in [0.05, 0.1) is 7.11 Å².